The molecule has 1 nitrogen and oxygen atoms in total. The van der Waals surface area contributed by atoms with E-state index < -0.39 is 0 Å². The van der Waals surface area contributed by atoms with Gasteiger partial charge in [-0.15, -0.1) is 6.61 Å². The van der Waals surface area contributed by atoms with Crippen LogP contribution in [0.1, 0.15) is 6.92 Å². The minimum atomic E-state index is 0. The van der Waals surface area contributed by atoms with Crippen molar-refractivity contribution in [2.24, 2.45) is 0 Å². The largest absolute Gasteiger partial charge is 4.00 e. The average Bonchev–Trinajstić information content (AvgIpc) is 3.20. The van der Waals surface area contributed by atoms with Crippen LogP contribution in [0.15, 0.2) is 91.0 Å². The Hall–Kier alpha value is -1.25. The molecule has 0 spiro atoms. The first-order chi connectivity index (χ1) is 9.41. The molecule has 0 atom stereocenters. The van der Waals surface area contributed by atoms with Crippen LogP contribution in [0.3, 0.4) is 0 Å². The Morgan fingerprint density at radius 1 is 0.750 bits per heavy atom. The number of hydrogen-bond donors (Lipinski definition) is 0. The van der Waals surface area contributed by atoms with Crippen LogP contribution >= 0.6 is 0 Å². The van der Waals surface area contributed by atoms with Gasteiger partial charge in [-0.1, -0.05) is 6.92 Å². The summed E-state index contributed by atoms with van der Waals surface area (Å²) in [4.78, 5) is 0. The summed E-state index contributed by atoms with van der Waals surface area (Å²) in [6.07, 6.45) is 0. The third-order valence-electron chi connectivity index (χ3n) is 1.72. The minimum Gasteiger partial charge on any atom is -0.855 e. The zero-order valence-corrected chi connectivity index (χ0v) is 15.4. The summed E-state index contributed by atoms with van der Waals surface area (Å²) in [6.45, 7) is 1.57. The number of hydrogen-bond acceptors (Lipinski definition) is 1. The first-order valence-electron chi connectivity index (χ1n) is 6.24. The van der Waals surface area contributed by atoms with E-state index in [2.05, 4.69) is 6.07 Å². The third-order valence-corrected chi connectivity index (χ3v) is 1.72. The SMILES string of the molecule is CC[O-].[Hf+4].[c-]1ccccc1.c1cc[cH-]c1.c1cc[cH-]c1. The fraction of sp³-hybridized carbons (Fsp3) is 0.111. The van der Waals surface area contributed by atoms with Crippen molar-refractivity contribution in [2.45, 2.75) is 6.92 Å². The van der Waals surface area contributed by atoms with Crippen LogP contribution in [0.25, 0.3) is 0 Å². The fourth-order valence-electron chi connectivity index (χ4n) is 0.983. The van der Waals surface area contributed by atoms with E-state index in [1.54, 1.807) is 6.92 Å². The quantitative estimate of drug-likeness (QED) is 0.394. The molecule has 0 N–H and O–H groups in total. The molecule has 20 heavy (non-hydrogen) atoms. The fourth-order valence-corrected chi connectivity index (χ4v) is 0.983. The summed E-state index contributed by atoms with van der Waals surface area (Å²) in [6, 6.07) is 32.5. The van der Waals surface area contributed by atoms with E-state index >= 15 is 0 Å². The van der Waals surface area contributed by atoms with E-state index in [9.17, 15) is 0 Å². The first kappa shape index (κ1) is 21.1. The van der Waals surface area contributed by atoms with Crippen LogP contribution < -0.4 is 5.11 Å². The molecule has 3 aromatic rings. The summed E-state index contributed by atoms with van der Waals surface area (Å²) < 4.78 is 0. The predicted octanol–water partition coefficient (Wildman–Crippen LogP) is 3.66. The number of rotatable bonds is 0. The van der Waals surface area contributed by atoms with E-state index in [1.807, 2.05) is 91.0 Å². The van der Waals surface area contributed by atoms with Gasteiger partial charge in [-0.3, -0.25) is 0 Å². The Morgan fingerprint density at radius 3 is 1.20 bits per heavy atom. The van der Waals surface area contributed by atoms with E-state index in [-0.39, 0.29) is 32.5 Å². The van der Waals surface area contributed by atoms with Gasteiger partial charge in [0.1, 0.15) is 0 Å². The van der Waals surface area contributed by atoms with E-state index in [4.69, 9.17) is 5.11 Å². The Labute approximate surface area is 141 Å². The predicted molar refractivity (Wildman–Crippen MR) is 79.9 cm³/mol. The molecule has 0 radical (unpaired) electrons. The van der Waals surface area contributed by atoms with Gasteiger partial charge in [0.15, 0.2) is 0 Å². The molecule has 0 saturated heterocycles. The van der Waals surface area contributed by atoms with Gasteiger partial charge in [0, 0.05) is 0 Å². The van der Waals surface area contributed by atoms with Crippen molar-refractivity contribution in [3.8, 4) is 0 Å². The van der Waals surface area contributed by atoms with E-state index in [0.717, 1.165) is 0 Å². The maximum atomic E-state index is 8.93. The second-order valence-corrected chi connectivity index (χ2v) is 3.29. The van der Waals surface area contributed by atoms with Crippen molar-refractivity contribution in [1.29, 1.82) is 0 Å². The van der Waals surface area contributed by atoms with Crippen molar-refractivity contribution in [2.75, 3.05) is 6.61 Å². The molecular formula is C18H20HfO. The second-order valence-electron chi connectivity index (χ2n) is 3.29. The molecule has 0 unspecified atom stereocenters. The summed E-state index contributed by atoms with van der Waals surface area (Å²) >= 11 is 0. The molecule has 0 aliphatic rings. The van der Waals surface area contributed by atoms with Crippen LogP contribution in [0.5, 0.6) is 0 Å². The Morgan fingerprint density at radius 2 is 1.10 bits per heavy atom. The maximum Gasteiger partial charge on any atom is 4.00 e. The number of benzene rings is 1. The first-order valence-corrected chi connectivity index (χ1v) is 6.24. The smallest absolute Gasteiger partial charge is 0.855 e. The topological polar surface area (TPSA) is 23.1 Å². The van der Waals surface area contributed by atoms with Gasteiger partial charge >= 0.3 is 25.8 Å². The van der Waals surface area contributed by atoms with Crippen molar-refractivity contribution in [3.63, 3.8) is 0 Å². The monoisotopic (exact) mass is 432 g/mol. The molecule has 2 heteroatoms. The van der Waals surface area contributed by atoms with Crippen LogP contribution in [0.4, 0.5) is 0 Å². The van der Waals surface area contributed by atoms with Crippen LogP contribution in [0, 0.1) is 6.07 Å². The molecule has 0 heterocycles. The van der Waals surface area contributed by atoms with Gasteiger partial charge in [-0.05, 0) is 0 Å². The van der Waals surface area contributed by atoms with Gasteiger partial charge in [0.05, 0.1) is 0 Å². The van der Waals surface area contributed by atoms with Gasteiger partial charge in [0.25, 0.3) is 0 Å². The van der Waals surface area contributed by atoms with Gasteiger partial charge in [-0.25, -0.2) is 24.3 Å². The van der Waals surface area contributed by atoms with Crippen LogP contribution in [-0.4, -0.2) is 6.61 Å². The van der Waals surface area contributed by atoms with E-state index in [0.29, 0.717) is 0 Å². The molecule has 0 saturated carbocycles. The average molecular weight is 431 g/mol. The normalized spacial score (nSPS) is 7.30. The van der Waals surface area contributed by atoms with Crippen LogP contribution in [0.2, 0.25) is 0 Å². The molecule has 0 aliphatic carbocycles. The molecule has 102 valence electrons. The van der Waals surface area contributed by atoms with E-state index in [1.165, 1.54) is 0 Å². The molecule has 0 aliphatic heterocycles. The summed E-state index contributed by atoms with van der Waals surface area (Å²) in [5, 5.41) is 8.93. The molecule has 0 bridgehead atoms. The Bertz CT molecular complexity index is 316. The molecule has 0 aromatic heterocycles. The zero-order chi connectivity index (χ0) is 14.0. The van der Waals surface area contributed by atoms with Gasteiger partial charge in [0.2, 0.25) is 0 Å². The molecule has 0 fully saturated rings. The Balaban J connectivity index is 0. The third kappa shape index (κ3) is 19.1. The van der Waals surface area contributed by atoms with Crippen molar-refractivity contribution < 1.29 is 30.9 Å². The summed E-state index contributed by atoms with van der Waals surface area (Å²) in [7, 11) is 0. The Kier molecular flexibility index (Phi) is 21.1. The molecule has 0 amide bonds. The molecular weight excluding hydrogens is 411 g/mol. The molecule has 3 aromatic carbocycles. The zero-order valence-electron chi connectivity index (χ0n) is 11.8. The van der Waals surface area contributed by atoms with Crippen molar-refractivity contribution >= 4 is 0 Å². The van der Waals surface area contributed by atoms with Crippen molar-refractivity contribution in [1.82, 2.24) is 0 Å². The second kappa shape index (κ2) is 20.1. The summed E-state index contributed by atoms with van der Waals surface area (Å²) in [5.41, 5.74) is 0. The standard InChI is InChI=1S/C6H5.2C5H5.C2H5O.Hf/c1-2-4-6-5-3-1;2*1-2-4-5-3-1;1-2-3;/h1-5H;2*1-5H;2H2,1H3;/q4*-1;+4. The van der Waals surface area contributed by atoms with Crippen LogP contribution in [-0.2, 0) is 25.8 Å². The van der Waals surface area contributed by atoms with Gasteiger partial charge < -0.3 is 5.11 Å². The maximum absolute atomic E-state index is 8.93. The van der Waals surface area contributed by atoms with Crippen molar-refractivity contribution in [3.05, 3.63) is 97.1 Å². The molecule has 3 rings (SSSR count). The summed E-state index contributed by atoms with van der Waals surface area (Å²) in [5.74, 6) is 0. The minimum absolute atomic E-state index is 0. The van der Waals surface area contributed by atoms with Gasteiger partial charge in [-0.2, -0.15) is 72.8 Å².